The number of carbonyl (C=O) groups excluding carboxylic acids is 2. The molecule has 1 N–H and O–H groups in total. The molecule has 7 heteroatoms. The van der Waals surface area contributed by atoms with E-state index in [2.05, 4.69) is 60.6 Å². The molecule has 7 nitrogen and oxygen atoms in total. The van der Waals surface area contributed by atoms with Crippen LogP contribution in [0.2, 0.25) is 0 Å². The molecule has 2 fully saturated rings. The van der Waals surface area contributed by atoms with Crippen molar-refractivity contribution in [3.63, 3.8) is 0 Å². The van der Waals surface area contributed by atoms with Gasteiger partial charge in [-0.2, -0.15) is 0 Å². The zero-order chi connectivity index (χ0) is 32.4. The van der Waals surface area contributed by atoms with E-state index in [-0.39, 0.29) is 35.3 Å². The van der Waals surface area contributed by atoms with Crippen LogP contribution in [0, 0.1) is 11.8 Å². The fourth-order valence-electron chi connectivity index (χ4n) is 9.33. The first-order chi connectivity index (χ1) is 22.2. The largest absolute Gasteiger partial charge is 0.508 e. The minimum atomic E-state index is -0.439. The highest BCUT2D eigenvalue weighted by atomic mass is 16.6. The second-order valence-electron chi connectivity index (χ2n) is 14.5. The molecule has 1 spiro atoms. The molecular weight excluding hydrogens is 576 g/mol. The average molecular weight is 629 g/mol. The third kappa shape index (κ3) is 6.08. The van der Waals surface area contributed by atoms with E-state index in [9.17, 15) is 14.7 Å². The van der Waals surface area contributed by atoms with Crippen LogP contribution in [0.4, 0.5) is 0 Å². The lowest BCUT2D eigenvalue weighted by atomic mass is 9.50. The number of ether oxygens (including phenoxy) is 2. The number of hydrogen-bond donors (Lipinski definition) is 1. The maximum Gasteiger partial charge on any atom is 0.308 e. The molecule has 2 aliphatic carbocycles. The number of unbranched alkanes of at least 4 members (excludes halogenated alkanes) is 4. The summed E-state index contributed by atoms with van der Waals surface area (Å²) in [7, 11) is 0. The van der Waals surface area contributed by atoms with Gasteiger partial charge in [0.1, 0.15) is 11.9 Å². The Morgan fingerprint density at radius 1 is 1.15 bits per heavy atom. The highest BCUT2D eigenvalue weighted by Gasteiger charge is 2.67. The maximum atomic E-state index is 14.1. The Morgan fingerprint density at radius 3 is 2.65 bits per heavy atom. The summed E-state index contributed by atoms with van der Waals surface area (Å²) in [6.07, 6.45) is 12.3. The minimum Gasteiger partial charge on any atom is -0.508 e. The molecule has 4 aliphatic rings. The second kappa shape index (κ2) is 13.8. The summed E-state index contributed by atoms with van der Waals surface area (Å²) in [4.78, 5) is 30.9. The molecule has 46 heavy (non-hydrogen) atoms. The van der Waals surface area contributed by atoms with Crippen LogP contribution in [0.15, 0.2) is 49.1 Å². The van der Waals surface area contributed by atoms with E-state index in [4.69, 9.17) is 9.47 Å². The fraction of sp³-hybridized carbons (Fsp3) is 0.590. The first-order valence-electron chi connectivity index (χ1n) is 17.7. The number of benzene rings is 2. The van der Waals surface area contributed by atoms with Crippen molar-refractivity contribution in [2.24, 2.45) is 11.8 Å². The van der Waals surface area contributed by atoms with Crippen LogP contribution in [-0.2, 0) is 27.8 Å². The molecule has 1 saturated heterocycles. The van der Waals surface area contributed by atoms with Crippen LogP contribution >= 0.6 is 0 Å². The lowest BCUT2D eigenvalue weighted by Gasteiger charge is -2.60. The number of aryl methyl sites for hydroxylation is 1. The Morgan fingerprint density at radius 2 is 1.91 bits per heavy atom. The summed E-state index contributed by atoms with van der Waals surface area (Å²) in [5.41, 5.74) is 3.00. The molecular formula is C39H52N2O5. The fourth-order valence-corrected chi connectivity index (χ4v) is 9.33. The lowest BCUT2D eigenvalue weighted by Crippen LogP contribution is -2.69. The summed E-state index contributed by atoms with van der Waals surface area (Å²) >= 11 is 0. The van der Waals surface area contributed by atoms with Gasteiger partial charge in [0, 0.05) is 55.1 Å². The van der Waals surface area contributed by atoms with Crippen LogP contribution in [0.3, 0.4) is 0 Å². The van der Waals surface area contributed by atoms with Crippen LogP contribution in [0.1, 0.15) is 95.2 Å². The Balaban J connectivity index is 1.22. The van der Waals surface area contributed by atoms with Crippen molar-refractivity contribution in [1.82, 2.24) is 9.80 Å². The van der Waals surface area contributed by atoms with E-state index in [1.54, 1.807) is 6.07 Å². The number of amides is 1. The van der Waals surface area contributed by atoms with Crippen molar-refractivity contribution >= 4 is 11.9 Å². The van der Waals surface area contributed by atoms with Crippen molar-refractivity contribution in [3.05, 3.63) is 65.7 Å². The number of phenolic OH excluding ortho intramolecular Hbond substituents is 1. The number of hydrogen-bond acceptors (Lipinski definition) is 6. The molecule has 5 atom stereocenters. The molecule has 6 rings (SSSR count). The molecule has 1 amide bonds. The van der Waals surface area contributed by atoms with Crippen LogP contribution < -0.4 is 9.47 Å². The van der Waals surface area contributed by atoms with Crippen molar-refractivity contribution in [2.75, 3.05) is 19.6 Å². The van der Waals surface area contributed by atoms with Gasteiger partial charge in [0.05, 0.1) is 6.04 Å². The lowest BCUT2D eigenvalue weighted by molar-refractivity contribution is -0.143. The zero-order valence-corrected chi connectivity index (χ0v) is 28.0. The van der Waals surface area contributed by atoms with Gasteiger partial charge in [-0.1, -0.05) is 69.5 Å². The predicted molar refractivity (Wildman–Crippen MR) is 180 cm³/mol. The molecule has 2 heterocycles. The number of rotatable bonds is 14. The van der Waals surface area contributed by atoms with Crippen molar-refractivity contribution in [1.29, 1.82) is 0 Å². The number of phenols is 1. The third-order valence-electron chi connectivity index (χ3n) is 11.1. The summed E-state index contributed by atoms with van der Waals surface area (Å²) in [6.45, 7) is 12.2. The van der Waals surface area contributed by atoms with Gasteiger partial charge in [0.15, 0.2) is 11.5 Å². The molecule has 2 bridgehead atoms. The van der Waals surface area contributed by atoms with E-state index in [1.807, 2.05) is 6.08 Å². The average Bonchev–Trinajstić information content (AvgIpc) is 3.37. The molecule has 1 saturated carbocycles. The van der Waals surface area contributed by atoms with E-state index in [0.29, 0.717) is 36.3 Å². The Kier molecular flexibility index (Phi) is 9.79. The van der Waals surface area contributed by atoms with E-state index in [1.165, 1.54) is 25.3 Å². The quantitative estimate of drug-likeness (QED) is 0.105. The zero-order valence-electron chi connectivity index (χ0n) is 28.0. The predicted octanol–water partition coefficient (Wildman–Crippen LogP) is 6.98. The van der Waals surface area contributed by atoms with Gasteiger partial charge in [-0.3, -0.25) is 14.5 Å². The summed E-state index contributed by atoms with van der Waals surface area (Å²) in [5, 5.41) is 11.3. The summed E-state index contributed by atoms with van der Waals surface area (Å²) in [6, 6.07) is 12.4. The molecule has 0 aromatic heterocycles. The van der Waals surface area contributed by atoms with Crippen molar-refractivity contribution < 1.29 is 24.2 Å². The third-order valence-corrected chi connectivity index (χ3v) is 11.1. The number of nitrogens with zero attached hydrogens (tertiary/aromatic N) is 2. The van der Waals surface area contributed by atoms with Crippen molar-refractivity contribution in [2.45, 2.75) is 115 Å². The van der Waals surface area contributed by atoms with Gasteiger partial charge in [-0.05, 0) is 68.9 Å². The van der Waals surface area contributed by atoms with Crippen LogP contribution in [0.5, 0.6) is 17.2 Å². The number of carbonyl (C=O) groups is 2. The summed E-state index contributed by atoms with van der Waals surface area (Å²) < 4.78 is 12.6. The number of likely N-dealkylation sites (tertiary alicyclic amines) is 1. The van der Waals surface area contributed by atoms with Gasteiger partial charge >= 0.3 is 5.97 Å². The molecule has 2 aromatic carbocycles. The minimum absolute atomic E-state index is 0.0747. The van der Waals surface area contributed by atoms with E-state index >= 15 is 0 Å². The molecule has 248 valence electrons. The SMILES string of the molecule is C=CCN1CC[C@]23c4c5c(O)cc(OC(C)=O)c4O[C@H]2[C@H](N(CC(C)C)C(=O)CCCCCCCc2ccccc2)CC[C@H]3[C@H]1C5. The van der Waals surface area contributed by atoms with Crippen LogP contribution in [-0.4, -0.2) is 64.6 Å². The van der Waals surface area contributed by atoms with Gasteiger partial charge in [0.25, 0.3) is 0 Å². The molecule has 0 unspecified atom stereocenters. The second-order valence-corrected chi connectivity index (χ2v) is 14.5. The molecule has 2 aromatic rings. The Labute approximate surface area is 274 Å². The Bertz CT molecular complexity index is 1420. The first-order valence-corrected chi connectivity index (χ1v) is 17.7. The van der Waals surface area contributed by atoms with Gasteiger partial charge in [-0.15, -0.1) is 6.58 Å². The molecule has 2 aliphatic heterocycles. The van der Waals surface area contributed by atoms with Crippen LogP contribution in [0.25, 0.3) is 0 Å². The Hall–Kier alpha value is -3.32. The highest BCUT2D eigenvalue weighted by molar-refractivity contribution is 5.77. The number of esters is 1. The normalized spacial score (nSPS) is 25.9. The summed E-state index contributed by atoms with van der Waals surface area (Å²) in [5.74, 6) is 1.51. The number of piperidine rings is 1. The van der Waals surface area contributed by atoms with Gasteiger partial charge < -0.3 is 19.5 Å². The van der Waals surface area contributed by atoms with Crippen molar-refractivity contribution in [3.8, 4) is 17.2 Å². The van der Waals surface area contributed by atoms with E-state index < -0.39 is 5.97 Å². The van der Waals surface area contributed by atoms with E-state index in [0.717, 1.165) is 75.6 Å². The standard InChI is InChI=1S/C39H52N2O5/c1-5-21-40-22-20-39-30-18-19-31(38(39)46-37-34(45-27(4)42)24-33(43)29(36(37)39)23-32(30)40)41(25-26(2)3)35(44)17-13-8-6-7-10-14-28-15-11-9-12-16-28/h5,9,11-12,15-16,24,26,30-32,38,43H,1,6-8,10,13-14,17-23,25H2,2-4H3/t30-,31+,32+,38-,39-/m0/s1. The number of aromatic hydroxyl groups is 1. The van der Waals surface area contributed by atoms with Gasteiger partial charge in [0.2, 0.25) is 5.91 Å². The topological polar surface area (TPSA) is 79.3 Å². The smallest absolute Gasteiger partial charge is 0.308 e. The van der Waals surface area contributed by atoms with Gasteiger partial charge in [-0.25, -0.2) is 0 Å². The highest BCUT2D eigenvalue weighted by Crippen LogP contribution is 2.65. The first kappa shape index (κ1) is 32.6. The monoisotopic (exact) mass is 628 g/mol. The maximum absolute atomic E-state index is 14.1. The molecule has 0 radical (unpaired) electrons.